The molecule has 1 fully saturated rings. The highest BCUT2D eigenvalue weighted by Crippen LogP contribution is 2.40. The Labute approximate surface area is 168 Å². The molecule has 144 valence electrons. The van der Waals surface area contributed by atoms with Crippen molar-refractivity contribution in [3.05, 3.63) is 71.5 Å². The standard InChI is InChI=1S/C24H21N3O2/c1-14-12-20(25-23-21(14)26-22(27(23)2)16-8-9-16)17-10-11-18(19(13-17)24(28)29)15-6-4-3-5-7-15/h3-7,10-13,16H,8-9H2,1-2H3,(H,28,29). The first-order valence-electron chi connectivity index (χ1n) is 9.80. The van der Waals surface area contributed by atoms with Gasteiger partial charge in [-0.3, -0.25) is 0 Å². The summed E-state index contributed by atoms with van der Waals surface area (Å²) < 4.78 is 2.08. The van der Waals surface area contributed by atoms with Crippen LogP contribution in [0.25, 0.3) is 33.5 Å². The van der Waals surface area contributed by atoms with Crippen molar-refractivity contribution in [3.63, 3.8) is 0 Å². The molecule has 2 heterocycles. The van der Waals surface area contributed by atoms with E-state index in [-0.39, 0.29) is 5.56 Å². The molecule has 1 saturated carbocycles. The van der Waals surface area contributed by atoms with Crippen LogP contribution < -0.4 is 0 Å². The maximum Gasteiger partial charge on any atom is 0.336 e. The number of carbonyl (C=O) groups is 1. The van der Waals surface area contributed by atoms with E-state index < -0.39 is 5.97 Å². The quantitative estimate of drug-likeness (QED) is 0.527. The first kappa shape index (κ1) is 17.6. The molecule has 1 aliphatic rings. The van der Waals surface area contributed by atoms with Gasteiger partial charge in [-0.2, -0.15) is 0 Å². The monoisotopic (exact) mass is 383 g/mol. The zero-order valence-corrected chi connectivity index (χ0v) is 16.4. The van der Waals surface area contributed by atoms with Crippen LogP contribution in [-0.2, 0) is 7.05 Å². The number of fused-ring (bicyclic) bond motifs is 1. The number of hydrogen-bond donors (Lipinski definition) is 1. The van der Waals surface area contributed by atoms with Crippen LogP contribution in [0.15, 0.2) is 54.6 Å². The van der Waals surface area contributed by atoms with Gasteiger partial charge in [-0.25, -0.2) is 14.8 Å². The van der Waals surface area contributed by atoms with E-state index in [9.17, 15) is 9.90 Å². The fourth-order valence-corrected chi connectivity index (χ4v) is 3.92. The first-order chi connectivity index (χ1) is 14.0. The third-order valence-electron chi connectivity index (χ3n) is 5.63. The average molecular weight is 383 g/mol. The zero-order chi connectivity index (χ0) is 20.1. The van der Waals surface area contributed by atoms with E-state index in [0.29, 0.717) is 11.5 Å². The summed E-state index contributed by atoms with van der Waals surface area (Å²) in [5.74, 6) is 0.694. The lowest BCUT2D eigenvalue weighted by Crippen LogP contribution is -2.01. The summed E-state index contributed by atoms with van der Waals surface area (Å²) in [6.45, 7) is 2.04. The van der Waals surface area contributed by atoms with E-state index in [1.807, 2.05) is 62.5 Å². The molecule has 0 spiro atoms. The fraction of sp³-hybridized carbons (Fsp3) is 0.208. The minimum atomic E-state index is -0.944. The molecule has 2 aromatic carbocycles. The molecule has 4 aromatic rings. The van der Waals surface area contributed by atoms with Gasteiger partial charge in [0.25, 0.3) is 0 Å². The molecule has 0 aliphatic heterocycles. The largest absolute Gasteiger partial charge is 0.478 e. The lowest BCUT2D eigenvalue weighted by molar-refractivity contribution is 0.0698. The van der Waals surface area contributed by atoms with Gasteiger partial charge in [0.15, 0.2) is 5.65 Å². The molecule has 0 radical (unpaired) electrons. The Morgan fingerprint density at radius 2 is 1.79 bits per heavy atom. The van der Waals surface area contributed by atoms with Crippen LogP contribution in [0, 0.1) is 6.92 Å². The van der Waals surface area contributed by atoms with Crippen LogP contribution in [0.5, 0.6) is 0 Å². The number of aromatic carboxylic acids is 1. The van der Waals surface area contributed by atoms with Crippen molar-refractivity contribution in [2.24, 2.45) is 7.05 Å². The van der Waals surface area contributed by atoms with E-state index in [1.54, 1.807) is 6.07 Å². The van der Waals surface area contributed by atoms with Gasteiger partial charge in [0.2, 0.25) is 0 Å². The topological polar surface area (TPSA) is 68.0 Å². The number of pyridine rings is 1. The van der Waals surface area contributed by atoms with Crippen molar-refractivity contribution in [1.82, 2.24) is 14.5 Å². The average Bonchev–Trinajstić information content (AvgIpc) is 3.52. The molecular formula is C24H21N3O2. The first-order valence-corrected chi connectivity index (χ1v) is 9.80. The number of benzene rings is 2. The predicted molar refractivity (Wildman–Crippen MR) is 113 cm³/mol. The van der Waals surface area contributed by atoms with Crippen LogP contribution in [0.2, 0.25) is 0 Å². The van der Waals surface area contributed by atoms with Crippen molar-refractivity contribution in [2.45, 2.75) is 25.7 Å². The summed E-state index contributed by atoms with van der Waals surface area (Å²) in [6, 6.07) is 17.1. The molecule has 0 bridgehead atoms. The lowest BCUT2D eigenvalue weighted by Gasteiger charge is -2.10. The highest BCUT2D eigenvalue weighted by atomic mass is 16.4. The Bertz CT molecular complexity index is 1250. The van der Waals surface area contributed by atoms with E-state index in [1.165, 1.54) is 12.8 Å². The minimum Gasteiger partial charge on any atom is -0.478 e. The molecule has 2 aromatic heterocycles. The number of aromatic nitrogens is 3. The van der Waals surface area contributed by atoms with E-state index in [2.05, 4.69) is 4.57 Å². The van der Waals surface area contributed by atoms with Gasteiger partial charge in [-0.1, -0.05) is 42.5 Å². The van der Waals surface area contributed by atoms with Gasteiger partial charge in [0.1, 0.15) is 11.3 Å². The molecule has 1 aliphatic carbocycles. The Hall–Kier alpha value is -3.47. The number of imidazole rings is 1. The van der Waals surface area contributed by atoms with Crippen LogP contribution in [0.1, 0.15) is 40.5 Å². The van der Waals surface area contributed by atoms with Crippen LogP contribution in [0.3, 0.4) is 0 Å². The predicted octanol–water partition coefficient (Wildman–Crippen LogP) is 5.19. The van der Waals surface area contributed by atoms with Gasteiger partial charge in [0.05, 0.1) is 11.3 Å². The van der Waals surface area contributed by atoms with Gasteiger partial charge < -0.3 is 9.67 Å². The smallest absolute Gasteiger partial charge is 0.336 e. The number of carboxylic acids is 1. The Morgan fingerprint density at radius 1 is 1.03 bits per heavy atom. The molecule has 1 N–H and O–H groups in total. The van der Waals surface area contributed by atoms with Crippen molar-refractivity contribution < 1.29 is 9.90 Å². The zero-order valence-electron chi connectivity index (χ0n) is 16.4. The second kappa shape index (κ2) is 6.55. The highest BCUT2D eigenvalue weighted by molar-refractivity contribution is 5.97. The molecule has 0 atom stereocenters. The number of hydrogen-bond acceptors (Lipinski definition) is 3. The van der Waals surface area contributed by atoms with Crippen molar-refractivity contribution in [2.75, 3.05) is 0 Å². The maximum absolute atomic E-state index is 12.0. The Kier molecular flexibility index (Phi) is 3.98. The summed E-state index contributed by atoms with van der Waals surface area (Å²) >= 11 is 0. The summed E-state index contributed by atoms with van der Waals surface area (Å²) in [7, 11) is 2.01. The third kappa shape index (κ3) is 2.99. The second-order valence-electron chi connectivity index (χ2n) is 7.73. The summed E-state index contributed by atoms with van der Waals surface area (Å²) in [5.41, 5.74) is 6.26. The Balaban J connectivity index is 1.65. The molecule has 5 nitrogen and oxygen atoms in total. The molecule has 29 heavy (non-hydrogen) atoms. The Morgan fingerprint density at radius 3 is 2.48 bits per heavy atom. The molecule has 5 rings (SSSR count). The molecular weight excluding hydrogens is 362 g/mol. The van der Waals surface area contributed by atoms with E-state index >= 15 is 0 Å². The molecule has 0 saturated heterocycles. The number of carboxylic acid groups (broad SMARTS) is 1. The van der Waals surface area contributed by atoms with Crippen LogP contribution in [-0.4, -0.2) is 25.6 Å². The minimum absolute atomic E-state index is 0.275. The van der Waals surface area contributed by atoms with E-state index in [0.717, 1.165) is 39.4 Å². The fourth-order valence-electron chi connectivity index (χ4n) is 3.92. The number of aryl methyl sites for hydroxylation is 2. The van der Waals surface area contributed by atoms with Crippen molar-refractivity contribution in [3.8, 4) is 22.4 Å². The number of rotatable bonds is 4. The maximum atomic E-state index is 12.0. The normalized spacial score (nSPS) is 13.7. The molecule has 5 heteroatoms. The summed E-state index contributed by atoms with van der Waals surface area (Å²) in [4.78, 5) is 21.6. The summed E-state index contributed by atoms with van der Waals surface area (Å²) in [6.07, 6.45) is 2.37. The third-order valence-corrected chi connectivity index (χ3v) is 5.63. The van der Waals surface area contributed by atoms with Crippen molar-refractivity contribution >= 4 is 17.1 Å². The van der Waals surface area contributed by atoms with Crippen LogP contribution in [0.4, 0.5) is 0 Å². The van der Waals surface area contributed by atoms with Gasteiger partial charge in [-0.15, -0.1) is 0 Å². The van der Waals surface area contributed by atoms with E-state index in [4.69, 9.17) is 9.97 Å². The second-order valence-corrected chi connectivity index (χ2v) is 7.73. The lowest BCUT2D eigenvalue weighted by atomic mass is 9.96. The van der Waals surface area contributed by atoms with Gasteiger partial charge in [-0.05, 0) is 48.6 Å². The van der Waals surface area contributed by atoms with Crippen LogP contribution >= 0.6 is 0 Å². The SMILES string of the molecule is Cc1cc(-c2ccc(-c3ccccc3)c(C(=O)O)c2)nc2c1nc(C1CC1)n2C. The van der Waals surface area contributed by atoms with Gasteiger partial charge in [0, 0.05) is 18.5 Å². The highest BCUT2D eigenvalue weighted by Gasteiger charge is 2.29. The molecule has 0 unspecified atom stereocenters. The van der Waals surface area contributed by atoms with Gasteiger partial charge >= 0.3 is 5.97 Å². The molecule has 0 amide bonds. The summed E-state index contributed by atoms with van der Waals surface area (Å²) in [5, 5.41) is 9.81. The van der Waals surface area contributed by atoms with Crippen molar-refractivity contribution in [1.29, 1.82) is 0 Å². The number of nitrogens with zero attached hydrogens (tertiary/aromatic N) is 3.